The minimum Gasteiger partial charge on any atom is -0.389 e. The lowest BCUT2D eigenvalue weighted by Crippen LogP contribution is -2.45. The van der Waals surface area contributed by atoms with E-state index in [1.54, 1.807) is 0 Å². The van der Waals surface area contributed by atoms with Gasteiger partial charge < -0.3 is 10.4 Å². The van der Waals surface area contributed by atoms with Crippen LogP contribution < -0.4 is 5.32 Å². The summed E-state index contributed by atoms with van der Waals surface area (Å²) in [5.41, 5.74) is -0.0443. The van der Waals surface area contributed by atoms with E-state index >= 15 is 0 Å². The summed E-state index contributed by atoms with van der Waals surface area (Å²) in [6.45, 7) is 4.11. The van der Waals surface area contributed by atoms with E-state index in [1.807, 2.05) is 37.3 Å². The van der Waals surface area contributed by atoms with E-state index in [-0.39, 0.29) is 17.9 Å². The Balaban J connectivity index is 2.04. The van der Waals surface area contributed by atoms with Gasteiger partial charge in [-0.15, -0.1) is 0 Å². The van der Waals surface area contributed by atoms with Crippen molar-refractivity contribution in [2.45, 2.75) is 63.5 Å². The number of carbonyl (C=O) groups is 1. The van der Waals surface area contributed by atoms with Crippen molar-refractivity contribution in [1.82, 2.24) is 5.32 Å². The number of hydrogen-bond acceptors (Lipinski definition) is 2. The van der Waals surface area contributed by atoms with E-state index in [0.717, 1.165) is 37.7 Å². The van der Waals surface area contributed by atoms with Crippen LogP contribution in [0.2, 0.25) is 0 Å². The van der Waals surface area contributed by atoms with Gasteiger partial charge in [0.15, 0.2) is 0 Å². The fraction of sp³-hybridized carbons (Fsp3) is 0.588. The molecule has 0 heterocycles. The fourth-order valence-electron chi connectivity index (χ4n) is 3.03. The molecule has 0 radical (unpaired) electrons. The highest BCUT2D eigenvalue weighted by Crippen LogP contribution is 2.33. The van der Waals surface area contributed by atoms with E-state index < -0.39 is 5.60 Å². The molecule has 1 aromatic rings. The van der Waals surface area contributed by atoms with Crippen LogP contribution in [-0.2, 0) is 10.3 Å². The summed E-state index contributed by atoms with van der Waals surface area (Å²) >= 11 is 0. The average molecular weight is 275 g/mol. The number of hydrogen-bond donors (Lipinski definition) is 2. The number of benzene rings is 1. The van der Waals surface area contributed by atoms with Gasteiger partial charge in [-0.2, -0.15) is 0 Å². The third-order valence-corrected chi connectivity index (χ3v) is 4.56. The second-order valence-electron chi connectivity index (χ2n) is 6.21. The van der Waals surface area contributed by atoms with Gasteiger partial charge in [0.2, 0.25) is 5.91 Å². The van der Waals surface area contributed by atoms with Crippen LogP contribution in [0.3, 0.4) is 0 Å². The lowest BCUT2D eigenvalue weighted by Gasteiger charge is -2.32. The van der Waals surface area contributed by atoms with E-state index in [9.17, 15) is 9.90 Å². The molecule has 2 rings (SSSR count). The lowest BCUT2D eigenvalue weighted by atomic mass is 9.88. The monoisotopic (exact) mass is 275 g/mol. The van der Waals surface area contributed by atoms with Crippen molar-refractivity contribution in [3.8, 4) is 0 Å². The van der Waals surface area contributed by atoms with Crippen molar-refractivity contribution in [3.63, 3.8) is 0 Å². The molecule has 0 saturated heterocycles. The van der Waals surface area contributed by atoms with Crippen LogP contribution in [0.5, 0.6) is 0 Å². The van der Waals surface area contributed by atoms with Crippen LogP contribution >= 0.6 is 0 Å². The van der Waals surface area contributed by atoms with Crippen molar-refractivity contribution in [1.29, 1.82) is 0 Å². The number of nitrogens with one attached hydrogen (secondary N) is 1. The summed E-state index contributed by atoms with van der Waals surface area (Å²) in [6.07, 6.45) is 4.57. The first-order chi connectivity index (χ1) is 9.47. The Morgan fingerprint density at radius 3 is 2.45 bits per heavy atom. The smallest absolute Gasteiger partial charge is 0.223 e. The van der Waals surface area contributed by atoms with Gasteiger partial charge in [0.05, 0.1) is 17.6 Å². The topological polar surface area (TPSA) is 49.3 Å². The second kappa shape index (κ2) is 5.96. The molecule has 1 aromatic carbocycles. The highest BCUT2D eigenvalue weighted by Gasteiger charge is 2.35. The van der Waals surface area contributed by atoms with Crippen LogP contribution in [0, 0.1) is 0 Å². The number of aliphatic hydroxyl groups is 1. The first-order valence-electron chi connectivity index (χ1n) is 7.56. The number of amides is 1. The summed E-state index contributed by atoms with van der Waals surface area (Å²) in [6, 6.07) is 10.0. The van der Waals surface area contributed by atoms with E-state index in [1.165, 1.54) is 0 Å². The van der Waals surface area contributed by atoms with E-state index in [0.29, 0.717) is 0 Å². The molecular weight excluding hydrogens is 250 g/mol. The molecule has 110 valence electrons. The quantitative estimate of drug-likeness (QED) is 0.867. The molecule has 20 heavy (non-hydrogen) atoms. The van der Waals surface area contributed by atoms with E-state index in [2.05, 4.69) is 12.2 Å². The van der Waals surface area contributed by atoms with Crippen LogP contribution in [-0.4, -0.2) is 16.6 Å². The first-order valence-corrected chi connectivity index (χ1v) is 7.56. The molecule has 3 heteroatoms. The highest BCUT2D eigenvalue weighted by atomic mass is 16.3. The maximum atomic E-state index is 12.3. The molecule has 1 aliphatic rings. The highest BCUT2D eigenvalue weighted by molar-refractivity contribution is 5.78. The Bertz CT molecular complexity index is 451. The molecule has 3 nitrogen and oxygen atoms in total. The van der Waals surface area contributed by atoms with Gasteiger partial charge in [-0.1, -0.05) is 50.1 Å². The molecule has 1 fully saturated rings. The second-order valence-corrected chi connectivity index (χ2v) is 6.21. The Hall–Kier alpha value is -1.35. The Kier molecular flexibility index (Phi) is 4.48. The molecule has 0 bridgehead atoms. The van der Waals surface area contributed by atoms with Crippen molar-refractivity contribution in [2.24, 2.45) is 0 Å². The normalized spacial score (nSPS) is 20.4. The fourth-order valence-corrected chi connectivity index (χ4v) is 3.03. The third-order valence-electron chi connectivity index (χ3n) is 4.56. The standard InChI is InChI=1S/C17H25NO2/c1-3-16(2,14-9-5-4-6-10-14)18-15(19)13-17(20)11-7-8-12-17/h4-6,9-10,20H,3,7-8,11-13H2,1-2H3,(H,18,19). The van der Waals surface area contributed by atoms with Crippen LogP contribution in [0.15, 0.2) is 30.3 Å². The van der Waals surface area contributed by atoms with Gasteiger partial charge >= 0.3 is 0 Å². The van der Waals surface area contributed by atoms with Gasteiger partial charge in [0, 0.05) is 0 Å². The van der Waals surface area contributed by atoms with Crippen molar-refractivity contribution in [2.75, 3.05) is 0 Å². The Morgan fingerprint density at radius 1 is 1.30 bits per heavy atom. The molecule has 1 atom stereocenters. The van der Waals surface area contributed by atoms with Gasteiger partial charge in [0.25, 0.3) is 0 Å². The molecule has 0 aromatic heterocycles. The predicted molar refractivity (Wildman–Crippen MR) is 80.3 cm³/mol. The Labute approximate surface area is 121 Å². The zero-order valence-corrected chi connectivity index (χ0v) is 12.5. The molecule has 0 aliphatic heterocycles. The molecule has 1 unspecified atom stereocenters. The van der Waals surface area contributed by atoms with Crippen LogP contribution in [0.25, 0.3) is 0 Å². The number of carbonyl (C=O) groups excluding carboxylic acids is 1. The van der Waals surface area contributed by atoms with Gasteiger partial charge in [-0.3, -0.25) is 4.79 Å². The largest absolute Gasteiger partial charge is 0.389 e. The maximum Gasteiger partial charge on any atom is 0.223 e. The van der Waals surface area contributed by atoms with Crippen molar-refractivity contribution >= 4 is 5.91 Å². The third kappa shape index (κ3) is 3.40. The molecular formula is C17H25NO2. The summed E-state index contributed by atoms with van der Waals surface area (Å²) in [7, 11) is 0. The SMILES string of the molecule is CCC(C)(NC(=O)CC1(O)CCCC1)c1ccccc1. The predicted octanol–water partition coefficient (Wildman–Crippen LogP) is 3.12. The average Bonchev–Trinajstić information content (AvgIpc) is 2.85. The maximum absolute atomic E-state index is 12.3. The minimum atomic E-state index is -0.782. The molecule has 1 amide bonds. The summed E-state index contributed by atoms with van der Waals surface area (Å²) in [4.78, 5) is 12.3. The van der Waals surface area contributed by atoms with Crippen molar-refractivity contribution in [3.05, 3.63) is 35.9 Å². The molecule has 1 saturated carbocycles. The van der Waals surface area contributed by atoms with Crippen LogP contribution in [0.1, 0.15) is 57.9 Å². The molecule has 2 N–H and O–H groups in total. The Morgan fingerprint density at radius 2 is 1.90 bits per heavy atom. The van der Waals surface area contributed by atoms with Gasteiger partial charge in [-0.05, 0) is 31.7 Å². The zero-order chi connectivity index (χ0) is 14.6. The van der Waals surface area contributed by atoms with Crippen LogP contribution in [0.4, 0.5) is 0 Å². The molecule has 1 aliphatic carbocycles. The minimum absolute atomic E-state index is 0.0531. The zero-order valence-electron chi connectivity index (χ0n) is 12.5. The summed E-state index contributed by atoms with van der Waals surface area (Å²) in [5.74, 6) is -0.0531. The summed E-state index contributed by atoms with van der Waals surface area (Å²) < 4.78 is 0. The van der Waals surface area contributed by atoms with Gasteiger partial charge in [0.1, 0.15) is 0 Å². The lowest BCUT2D eigenvalue weighted by molar-refractivity contribution is -0.127. The van der Waals surface area contributed by atoms with Crippen molar-refractivity contribution < 1.29 is 9.90 Å². The molecule has 0 spiro atoms. The number of rotatable bonds is 5. The van der Waals surface area contributed by atoms with E-state index in [4.69, 9.17) is 0 Å². The van der Waals surface area contributed by atoms with Gasteiger partial charge in [-0.25, -0.2) is 0 Å². The first kappa shape index (κ1) is 15.0. The summed E-state index contributed by atoms with van der Waals surface area (Å²) in [5, 5.41) is 13.5.